The van der Waals surface area contributed by atoms with E-state index in [9.17, 15) is 8.60 Å². The van der Waals surface area contributed by atoms with Crippen LogP contribution in [0.1, 0.15) is 6.42 Å². The highest BCUT2D eigenvalue weighted by molar-refractivity contribution is 7.85. The maximum atomic E-state index is 13.3. The Morgan fingerprint density at radius 2 is 1.90 bits per heavy atom. The summed E-state index contributed by atoms with van der Waals surface area (Å²) in [6.45, 7) is 0.479. The largest absolute Gasteiger partial charge is 0.494 e. The third-order valence-corrected chi connectivity index (χ3v) is 4.16. The molecule has 0 saturated carbocycles. The summed E-state index contributed by atoms with van der Waals surface area (Å²) in [5.41, 5.74) is 5.45. The number of halogens is 1. The SMILES string of the molecule is Nc1ccc(S(=O)CCCOc2ccccc2)cc1F. The van der Waals surface area contributed by atoms with Crippen molar-refractivity contribution in [3.05, 3.63) is 54.3 Å². The van der Waals surface area contributed by atoms with Gasteiger partial charge in [0.1, 0.15) is 11.6 Å². The molecule has 0 spiro atoms. The number of ether oxygens (including phenoxy) is 1. The molecule has 2 rings (SSSR count). The van der Waals surface area contributed by atoms with Crippen molar-refractivity contribution in [3.8, 4) is 5.75 Å². The third kappa shape index (κ3) is 4.06. The molecule has 0 radical (unpaired) electrons. The average Bonchev–Trinajstić information content (AvgIpc) is 2.47. The summed E-state index contributed by atoms with van der Waals surface area (Å²) in [7, 11) is -1.24. The molecular formula is C15H16FNO2S. The number of nitrogen functional groups attached to an aromatic ring is 1. The van der Waals surface area contributed by atoms with Gasteiger partial charge in [-0.15, -0.1) is 0 Å². The minimum atomic E-state index is -1.24. The van der Waals surface area contributed by atoms with Crippen LogP contribution < -0.4 is 10.5 Å². The molecule has 0 amide bonds. The highest BCUT2D eigenvalue weighted by Gasteiger charge is 2.07. The molecule has 0 fully saturated rings. The Morgan fingerprint density at radius 1 is 1.15 bits per heavy atom. The first-order chi connectivity index (χ1) is 9.66. The van der Waals surface area contributed by atoms with E-state index in [0.29, 0.717) is 23.7 Å². The molecule has 2 aromatic carbocycles. The highest BCUT2D eigenvalue weighted by atomic mass is 32.2. The van der Waals surface area contributed by atoms with E-state index in [1.165, 1.54) is 12.1 Å². The van der Waals surface area contributed by atoms with Crippen molar-refractivity contribution >= 4 is 16.5 Å². The fourth-order valence-corrected chi connectivity index (χ4v) is 2.73. The predicted molar refractivity (Wildman–Crippen MR) is 78.6 cm³/mol. The van der Waals surface area contributed by atoms with Crippen molar-refractivity contribution in [3.63, 3.8) is 0 Å². The number of anilines is 1. The Balaban J connectivity index is 1.79. The molecule has 106 valence electrons. The molecule has 0 heterocycles. The molecule has 2 N–H and O–H groups in total. The highest BCUT2D eigenvalue weighted by Crippen LogP contribution is 2.15. The lowest BCUT2D eigenvalue weighted by Crippen LogP contribution is -2.05. The molecule has 0 aliphatic heterocycles. The maximum Gasteiger partial charge on any atom is 0.147 e. The van der Waals surface area contributed by atoms with Gasteiger partial charge in [-0.1, -0.05) is 18.2 Å². The smallest absolute Gasteiger partial charge is 0.147 e. The molecule has 0 aliphatic carbocycles. The van der Waals surface area contributed by atoms with Gasteiger partial charge in [0.15, 0.2) is 0 Å². The fraction of sp³-hybridized carbons (Fsp3) is 0.200. The van der Waals surface area contributed by atoms with E-state index in [0.717, 1.165) is 5.75 Å². The summed E-state index contributed by atoms with van der Waals surface area (Å²) in [5, 5.41) is 0. The van der Waals surface area contributed by atoms with E-state index in [1.807, 2.05) is 30.3 Å². The zero-order chi connectivity index (χ0) is 14.4. The molecule has 0 saturated heterocycles. The Labute approximate surface area is 120 Å². The molecule has 0 aliphatic rings. The summed E-state index contributed by atoms with van der Waals surface area (Å²) < 4.78 is 30.7. The van der Waals surface area contributed by atoms with E-state index < -0.39 is 16.6 Å². The van der Waals surface area contributed by atoms with Gasteiger partial charge in [0, 0.05) is 10.6 Å². The van der Waals surface area contributed by atoms with Crippen LogP contribution in [0.15, 0.2) is 53.4 Å². The van der Waals surface area contributed by atoms with Gasteiger partial charge in [-0.25, -0.2) is 4.39 Å². The van der Waals surface area contributed by atoms with Crippen LogP contribution in [0.25, 0.3) is 0 Å². The van der Waals surface area contributed by atoms with Crippen LogP contribution in [-0.2, 0) is 10.8 Å². The van der Waals surface area contributed by atoms with Gasteiger partial charge < -0.3 is 10.5 Å². The predicted octanol–water partition coefficient (Wildman–Crippen LogP) is 2.98. The molecule has 2 aromatic rings. The second kappa shape index (κ2) is 7.05. The first-order valence-corrected chi connectivity index (χ1v) is 7.60. The molecule has 1 unspecified atom stereocenters. The number of para-hydroxylation sites is 1. The fourth-order valence-electron chi connectivity index (χ4n) is 1.66. The standard InChI is InChI=1S/C15H16FNO2S/c16-14-11-13(7-8-15(14)17)20(18)10-4-9-19-12-5-2-1-3-6-12/h1-3,5-8,11H,4,9-10,17H2. The van der Waals surface area contributed by atoms with Crippen LogP contribution in [0.4, 0.5) is 10.1 Å². The molecule has 20 heavy (non-hydrogen) atoms. The van der Waals surface area contributed by atoms with Crippen LogP contribution in [0.5, 0.6) is 5.75 Å². The van der Waals surface area contributed by atoms with Crippen molar-refractivity contribution < 1.29 is 13.3 Å². The quantitative estimate of drug-likeness (QED) is 0.658. The van der Waals surface area contributed by atoms with E-state index in [2.05, 4.69) is 0 Å². The zero-order valence-corrected chi connectivity index (χ0v) is 11.7. The summed E-state index contributed by atoms with van der Waals surface area (Å²) in [6.07, 6.45) is 0.632. The topological polar surface area (TPSA) is 52.3 Å². The van der Waals surface area contributed by atoms with Crippen molar-refractivity contribution in [2.75, 3.05) is 18.1 Å². The first-order valence-electron chi connectivity index (χ1n) is 6.28. The Hall–Kier alpha value is -1.88. The molecular weight excluding hydrogens is 277 g/mol. The van der Waals surface area contributed by atoms with E-state index in [1.54, 1.807) is 6.07 Å². The number of nitrogens with two attached hydrogens (primary N) is 1. The van der Waals surface area contributed by atoms with Gasteiger partial charge in [-0.2, -0.15) is 0 Å². The third-order valence-electron chi connectivity index (χ3n) is 2.72. The maximum absolute atomic E-state index is 13.3. The normalized spacial score (nSPS) is 12.1. The van der Waals surface area contributed by atoms with Crippen molar-refractivity contribution in [2.45, 2.75) is 11.3 Å². The summed E-state index contributed by atoms with van der Waals surface area (Å²) in [5.74, 6) is 0.684. The van der Waals surface area contributed by atoms with Gasteiger partial charge in [0.05, 0.1) is 23.1 Å². The summed E-state index contributed by atoms with van der Waals surface area (Å²) in [4.78, 5) is 0.455. The Bertz CT molecular complexity index is 590. The lowest BCUT2D eigenvalue weighted by atomic mass is 10.3. The summed E-state index contributed by atoms with van der Waals surface area (Å²) >= 11 is 0. The number of hydrogen-bond donors (Lipinski definition) is 1. The van der Waals surface area contributed by atoms with E-state index >= 15 is 0 Å². The van der Waals surface area contributed by atoms with Crippen molar-refractivity contribution in [2.24, 2.45) is 0 Å². The van der Waals surface area contributed by atoms with Crippen molar-refractivity contribution in [1.29, 1.82) is 0 Å². The van der Waals surface area contributed by atoms with Gasteiger partial charge in [-0.05, 0) is 36.8 Å². The van der Waals surface area contributed by atoms with Crippen LogP contribution in [0.2, 0.25) is 0 Å². The zero-order valence-electron chi connectivity index (χ0n) is 10.9. The molecule has 0 aromatic heterocycles. The van der Waals surface area contributed by atoms with E-state index in [-0.39, 0.29) is 5.69 Å². The van der Waals surface area contributed by atoms with Crippen LogP contribution in [0, 0.1) is 5.82 Å². The number of benzene rings is 2. The van der Waals surface area contributed by atoms with Crippen molar-refractivity contribution in [1.82, 2.24) is 0 Å². The molecule has 0 bridgehead atoms. The summed E-state index contributed by atoms with van der Waals surface area (Å²) in [6, 6.07) is 13.7. The minimum absolute atomic E-state index is 0.0677. The van der Waals surface area contributed by atoms with Crippen LogP contribution >= 0.6 is 0 Å². The lowest BCUT2D eigenvalue weighted by molar-refractivity contribution is 0.318. The van der Waals surface area contributed by atoms with Gasteiger partial charge in [-0.3, -0.25) is 4.21 Å². The number of rotatable bonds is 6. The molecule has 1 atom stereocenters. The second-order valence-electron chi connectivity index (χ2n) is 4.25. The Morgan fingerprint density at radius 3 is 2.60 bits per heavy atom. The Kier molecular flexibility index (Phi) is 5.12. The first kappa shape index (κ1) is 14.5. The van der Waals surface area contributed by atoms with E-state index in [4.69, 9.17) is 10.5 Å². The van der Waals surface area contributed by atoms with Gasteiger partial charge in [0.2, 0.25) is 0 Å². The van der Waals surface area contributed by atoms with Gasteiger partial charge >= 0.3 is 0 Å². The molecule has 3 nitrogen and oxygen atoms in total. The average molecular weight is 293 g/mol. The monoisotopic (exact) mass is 293 g/mol. The van der Waals surface area contributed by atoms with Gasteiger partial charge in [0.25, 0.3) is 0 Å². The molecule has 5 heteroatoms. The number of hydrogen-bond acceptors (Lipinski definition) is 3. The lowest BCUT2D eigenvalue weighted by Gasteiger charge is -2.06. The minimum Gasteiger partial charge on any atom is -0.494 e. The van der Waals surface area contributed by atoms with Crippen LogP contribution in [0.3, 0.4) is 0 Å². The second-order valence-corrected chi connectivity index (χ2v) is 5.82. The van der Waals surface area contributed by atoms with Crippen LogP contribution in [-0.4, -0.2) is 16.6 Å².